The van der Waals surface area contributed by atoms with Crippen molar-refractivity contribution in [1.29, 1.82) is 0 Å². The van der Waals surface area contributed by atoms with Crippen LogP contribution >= 0.6 is 0 Å². The molecule has 0 saturated heterocycles. The predicted octanol–water partition coefficient (Wildman–Crippen LogP) is 4.74. The summed E-state index contributed by atoms with van der Waals surface area (Å²) in [5.41, 5.74) is 3.21. The van der Waals surface area contributed by atoms with Crippen LogP contribution in [0.2, 0.25) is 0 Å². The molecule has 0 bridgehead atoms. The van der Waals surface area contributed by atoms with Crippen LogP contribution in [-0.2, 0) is 13.2 Å². The highest BCUT2D eigenvalue weighted by atomic mass is 16.5. The zero-order chi connectivity index (χ0) is 21.6. The number of aromatic nitrogens is 1. The summed E-state index contributed by atoms with van der Waals surface area (Å²) in [5, 5.41) is 4.16. The molecule has 6 heteroatoms. The molecule has 0 fully saturated rings. The third-order valence-corrected chi connectivity index (χ3v) is 5.01. The third kappa shape index (κ3) is 4.80. The zero-order valence-electron chi connectivity index (χ0n) is 17.5. The molecule has 6 nitrogen and oxygen atoms in total. The largest absolute Gasteiger partial charge is 0.493 e. The van der Waals surface area contributed by atoms with Crippen LogP contribution < -0.4 is 25.1 Å². The van der Waals surface area contributed by atoms with E-state index >= 15 is 0 Å². The number of nitrogens with one attached hydrogen (secondary N) is 2. The van der Waals surface area contributed by atoms with Crippen molar-refractivity contribution in [3.63, 3.8) is 0 Å². The molecule has 31 heavy (non-hydrogen) atoms. The summed E-state index contributed by atoms with van der Waals surface area (Å²) in [6.07, 6.45) is 0. The first kappa shape index (κ1) is 20.3. The summed E-state index contributed by atoms with van der Waals surface area (Å²) in [4.78, 5) is 15.4. The third-order valence-electron chi connectivity index (χ3n) is 5.01. The fourth-order valence-electron chi connectivity index (χ4n) is 3.32. The monoisotopic (exact) mass is 416 g/mol. The first-order chi connectivity index (χ1) is 15.2. The number of hydrogen-bond acceptors (Lipinski definition) is 5. The number of aromatic amines is 1. The van der Waals surface area contributed by atoms with Gasteiger partial charge in [-0.15, -0.1) is 0 Å². The van der Waals surface area contributed by atoms with E-state index in [1.165, 1.54) is 0 Å². The summed E-state index contributed by atoms with van der Waals surface area (Å²) in [6.45, 7) is 0.915. The Kier molecular flexibility index (Phi) is 6.08. The lowest BCUT2D eigenvalue weighted by Crippen LogP contribution is -2.15. The molecule has 3 aromatic carbocycles. The summed E-state index contributed by atoms with van der Waals surface area (Å²) in [5.74, 6) is 1.98. The van der Waals surface area contributed by atoms with Crippen molar-refractivity contribution in [1.82, 2.24) is 4.98 Å². The van der Waals surface area contributed by atoms with Gasteiger partial charge in [0.05, 0.1) is 19.7 Å². The van der Waals surface area contributed by atoms with E-state index in [1.54, 1.807) is 20.3 Å². The molecule has 0 atom stereocenters. The molecule has 1 aromatic heterocycles. The molecule has 0 spiro atoms. The normalized spacial score (nSPS) is 10.6. The highest BCUT2D eigenvalue weighted by molar-refractivity contribution is 5.83. The molecule has 0 unspecified atom stereocenters. The summed E-state index contributed by atoms with van der Waals surface area (Å²) in [7, 11) is 3.16. The van der Waals surface area contributed by atoms with E-state index < -0.39 is 0 Å². The first-order valence-corrected chi connectivity index (χ1v) is 9.95. The van der Waals surface area contributed by atoms with E-state index in [9.17, 15) is 4.79 Å². The van der Waals surface area contributed by atoms with Gasteiger partial charge in [-0.2, -0.15) is 0 Å². The minimum Gasteiger partial charge on any atom is -0.493 e. The number of fused-ring (bicyclic) bond motifs is 1. The SMILES string of the molecule is COc1cc2cc(CNc3ccc(OCc4ccccc4)cc3)c(=O)[nH]c2cc1OC. The van der Waals surface area contributed by atoms with Crippen LogP contribution in [0.1, 0.15) is 11.1 Å². The molecule has 0 aliphatic rings. The van der Waals surface area contributed by atoms with Crippen molar-refractivity contribution in [2.75, 3.05) is 19.5 Å². The Balaban J connectivity index is 1.43. The Morgan fingerprint density at radius 2 is 1.58 bits per heavy atom. The maximum Gasteiger partial charge on any atom is 0.253 e. The number of methoxy groups -OCH3 is 2. The molecule has 0 saturated carbocycles. The van der Waals surface area contributed by atoms with Crippen LogP contribution in [0.5, 0.6) is 17.2 Å². The maximum absolute atomic E-state index is 12.5. The van der Waals surface area contributed by atoms with Gasteiger partial charge in [-0.25, -0.2) is 0 Å². The highest BCUT2D eigenvalue weighted by Crippen LogP contribution is 2.31. The number of anilines is 1. The van der Waals surface area contributed by atoms with Crippen LogP contribution in [0.3, 0.4) is 0 Å². The number of hydrogen-bond donors (Lipinski definition) is 2. The average Bonchev–Trinajstić information content (AvgIpc) is 2.82. The highest BCUT2D eigenvalue weighted by Gasteiger charge is 2.09. The van der Waals surface area contributed by atoms with Gasteiger partial charge in [0.15, 0.2) is 11.5 Å². The standard InChI is InChI=1S/C25H24N2O4/c1-29-23-13-18-12-19(25(28)27-22(18)14-24(23)30-2)15-26-20-8-10-21(11-9-20)31-16-17-6-4-3-5-7-17/h3-14,26H,15-16H2,1-2H3,(H,27,28). The second-order valence-corrected chi connectivity index (χ2v) is 7.07. The Labute approximate surface area is 180 Å². The van der Waals surface area contributed by atoms with Crippen LogP contribution in [0.4, 0.5) is 5.69 Å². The zero-order valence-corrected chi connectivity index (χ0v) is 17.5. The molecule has 1 heterocycles. The number of ether oxygens (including phenoxy) is 3. The lowest BCUT2D eigenvalue weighted by molar-refractivity contribution is 0.306. The van der Waals surface area contributed by atoms with E-state index in [0.717, 1.165) is 22.4 Å². The van der Waals surface area contributed by atoms with Gasteiger partial charge in [0.2, 0.25) is 0 Å². The molecule has 0 radical (unpaired) electrons. The smallest absolute Gasteiger partial charge is 0.253 e. The van der Waals surface area contributed by atoms with E-state index in [0.29, 0.717) is 35.7 Å². The number of rotatable bonds is 8. The van der Waals surface area contributed by atoms with Crippen LogP contribution in [-0.4, -0.2) is 19.2 Å². The minimum atomic E-state index is -0.143. The Hall–Kier alpha value is -3.93. The Morgan fingerprint density at radius 3 is 2.29 bits per heavy atom. The van der Waals surface area contributed by atoms with Gasteiger partial charge in [0, 0.05) is 29.2 Å². The number of pyridine rings is 1. The molecular formula is C25H24N2O4. The predicted molar refractivity (Wildman–Crippen MR) is 122 cm³/mol. The molecule has 4 rings (SSSR count). The van der Waals surface area contributed by atoms with Crippen molar-refractivity contribution >= 4 is 16.6 Å². The second-order valence-electron chi connectivity index (χ2n) is 7.07. The topological polar surface area (TPSA) is 72.6 Å². The van der Waals surface area contributed by atoms with Gasteiger partial charge in [-0.05, 0) is 42.0 Å². The van der Waals surface area contributed by atoms with Crippen molar-refractivity contribution in [2.24, 2.45) is 0 Å². The summed E-state index contributed by atoms with van der Waals surface area (Å²) in [6, 6.07) is 23.2. The molecular weight excluding hydrogens is 392 g/mol. The fraction of sp³-hybridized carbons (Fsp3) is 0.160. The van der Waals surface area contributed by atoms with Gasteiger partial charge < -0.3 is 24.5 Å². The second kappa shape index (κ2) is 9.26. The quantitative estimate of drug-likeness (QED) is 0.434. The van der Waals surface area contributed by atoms with Gasteiger partial charge in [0.25, 0.3) is 5.56 Å². The summed E-state index contributed by atoms with van der Waals surface area (Å²) >= 11 is 0. The van der Waals surface area contributed by atoms with Crippen molar-refractivity contribution < 1.29 is 14.2 Å². The van der Waals surface area contributed by atoms with Crippen LogP contribution in [0, 0.1) is 0 Å². The lowest BCUT2D eigenvalue weighted by Gasteiger charge is -2.11. The molecule has 158 valence electrons. The van der Waals surface area contributed by atoms with Gasteiger partial charge >= 0.3 is 0 Å². The lowest BCUT2D eigenvalue weighted by atomic mass is 10.1. The van der Waals surface area contributed by atoms with Crippen molar-refractivity contribution in [3.8, 4) is 17.2 Å². The molecule has 0 amide bonds. The first-order valence-electron chi connectivity index (χ1n) is 9.95. The Bertz CT molecular complexity index is 1220. The van der Waals surface area contributed by atoms with Gasteiger partial charge in [-0.1, -0.05) is 30.3 Å². The van der Waals surface area contributed by atoms with E-state index in [2.05, 4.69) is 10.3 Å². The Morgan fingerprint density at radius 1 is 0.871 bits per heavy atom. The summed E-state index contributed by atoms with van der Waals surface area (Å²) < 4.78 is 16.5. The van der Waals surface area contributed by atoms with E-state index in [-0.39, 0.29) is 5.56 Å². The molecule has 4 aromatic rings. The molecule has 0 aliphatic carbocycles. The molecule has 0 aliphatic heterocycles. The number of H-pyrrole nitrogens is 1. The maximum atomic E-state index is 12.5. The van der Waals surface area contributed by atoms with E-state index in [1.807, 2.05) is 66.7 Å². The van der Waals surface area contributed by atoms with Gasteiger partial charge in [-0.3, -0.25) is 4.79 Å². The van der Waals surface area contributed by atoms with Crippen molar-refractivity contribution in [2.45, 2.75) is 13.2 Å². The van der Waals surface area contributed by atoms with E-state index in [4.69, 9.17) is 14.2 Å². The van der Waals surface area contributed by atoms with Crippen LogP contribution in [0.15, 0.2) is 77.6 Å². The fourth-order valence-corrected chi connectivity index (χ4v) is 3.32. The number of benzene rings is 3. The molecule has 2 N–H and O–H groups in total. The van der Waals surface area contributed by atoms with Crippen molar-refractivity contribution in [3.05, 3.63) is 94.3 Å². The van der Waals surface area contributed by atoms with Crippen LogP contribution in [0.25, 0.3) is 10.9 Å². The average molecular weight is 416 g/mol. The minimum absolute atomic E-state index is 0.143. The van der Waals surface area contributed by atoms with Gasteiger partial charge in [0.1, 0.15) is 12.4 Å².